The molecule has 0 aliphatic heterocycles. The quantitative estimate of drug-likeness (QED) is 0.621. The van der Waals surface area contributed by atoms with Gasteiger partial charge in [-0.15, -0.1) is 0 Å². The van der Waals surface area contributed by atoms with E-state index in [0.717, 1.165) is 23.4 Å². The zero-order chi connectivity index (χ0) is 17.9. The topological polar surface area (TPSA) is 47.6 Å². The van der Waals surface area contributed by atoms with Crippen LogP contribution in [-0.4, -0.2) is 19.1 Å². The third kappa shape index (κ3) is 6.87. The number of carbonyl (C=O) groups excluding carboxylic acids is 1. The van der Waals surface area contributed by atoms with Crippen molar-refractivity contribution in [2.75, 3.05) is 18.5 Å². The first-order chi connectivity index (χ1) is 12.2. The number of unbranched alkanes of at least 4 members (excludes halogenated alkanes) is 3. The van der Waals surface area contributed by atoms with Gasteiger partial charge in [0.1, 0.15) is 11.5 Å². The molecule has 0 aromatic heterocycles. The van der Waals surface area contributed by atoms with E-state index in [4.69, 9.17) is 9.47 Å². The van der Waals surface area contributed by atoms with E-state index in [2.05, 4.69) is 12.2 Å². The van der Waals surface area contributed by atoms with E-state index in [0.29, 0.717) is 12.4 Å². The molecule has 0 spiro atoms. The molecule has 134 valence electrons. The Kier molecular flexibility index (Phi) is 7.83. The second-order valence-corrected chi connectivity index (χ2v) is 6.04. The maximum Gasteiger partial charge on any atom is 0.262 e. The van der Waals surface area contributed by atoms with E-state index in [1.54, 1.807) is 0 Å². The Balaban J connectivity index is 1.77. The molecule has 0 aliphatic carbocycles. The van der Waals surface area contributed by atoms with Crippen molar-refractivity contribution in [1.29, 1.82) is 0 Å². The molecule has 1 amide bonds. The molecule has 0 radical (unpaired) electrons. The van der Waals surface area contributed by atoms with Crippen LogP contribution in [0, 0.1) is 6.92 Å². The van der Waals surface area contributed by atoms with Crippen LogP contribution in [0.25, 0.3) is 0 Å². The van der Waals surface area contributed by atoms with Crippen LogP contribution < -0.4 is 14.8 Å². The number of aryl methyl sites for hydroxylation is 1. The van der Waals surface area contributed by atoms with Crippen molar-refractivity contribution in [2.24, 2.45) is 0 Å². The number of carbonyl (C=O) groups is 1. The summed E-state index contributed by atoms with van der Waals surface area (Å²) in [7, 11) is 0. The van der Waals surface area contributed by atoms with Crippen molar-refractivity contribution in [1.82, 2.24) is 0 Å². The number of benzene rings is 2. The van der Waals surface area contributed by atoms with Gasteiger partial charge in [0.2, 0.25) is 0 Å². The lowest BCUT2D eigenvalue weighted by Crippen LogP contribution is -2.20. The van der Waals surface area contributed by atoms with E-state index >= 15 is 0 Å². The monoisotopic (exact) mass is 341 g/mol. The predicted octanol–water partition coefficient (Wildman–Crippen LogP) is 4.97. The fourth-order valence-corrected chi connectivity index (χ4v) is 2.42. The summed E-state index contributed by atoms with van der Waals surface area (Å²) in [6.45, 7) is 4.82. The number of rotatable bonds is 10. The summed E-state index contributed by atoms with van der Waals surface area (Å²) < 4.78 is 11.3. The van der Waals surface area contributed by atoms with Crippen LogP contribution >= 0.6 is 0 Å². The van der Waals surface area contributed by atoms with Gasteiger partial charge in [-0.25, -0.2) is 0 Å². The lowest BCUT2D eigenvalue weighted by molar-refractivity contribution is -0.118. The largest absolute Gasteiger partial charge is 0.493 e. The molecular formula is C21H27NO3. The number of para-hydroxylation sites is 1. The standard InChI is InChI=1S/C21H27NO3/c1-3-4-5-8-14-24-18-11-9-12-19(15-18)25-16-21(23)22-20-13-7-6-10-17(20)2/h6-7,9-13,15H,3-5,8,14,16H2,1-2H3,(H,22,23). The summed E-state index contributed by atoms with van der Waals surface area (Å²) >= 11 is 0. The average molecular weight is 341 g/mol. The van der Waals surface area contributed by atoms with Gasteiger partial charge in [0.05, 0.1) is 6.61 Å². The zero-order valence-corrected chi connectivity index (χ0v) is 15.1. The van der Waals surface area contributed by atoms with Crippen molar-refractivity contribution in [3.05, 3.63) is 54.1 Å². The summed E-state index contributed by atoms with van der Waals surface area (Å²) in [5, 5.41) is 2.85. The average Bonchev–Trinajstić information content (AvgIpc) is 2.62. The minimum absolute atomic E-state index is 0.0334. The summed E-state index contributed by atoms with van der Waals surface area (Å²) in [5.74, 6) is 1.22. The Morgan fingerprint density at radius 3 is 2.48 bits per heavy atom. The first-order valence-corrected chi connectivity index (χ1v) is 8.90. The Morgan fingerprint density at radius 1 is 0.960 bits per heavy atom. The molecule has 0 aliphatic rings. The molecule has 2 aromatic carbocycles. The Labute approximate surface area is 150 Å². The fraction of sp³-hybridized carbons (Fsp3) is 0.381. The van der Waals surface area contributed by atoms with Crippen LogP contribution in [-0.2, 0) is 4.79 Å². The Bertz CT molecular complexity index is 670. The SMILES string of the molecule is CCCCCCOc1cccc(OCC(=O)Nc2ccccc2C)c1. The van der Waals surface area contributed by atoms with Crippen LogP contribution in [0.5, 0.6) is 11.5 Å². The third-order valence-electron chi connectivity index (χ3n) is 3.86. The van der Waals surface area contributed by atoms with Gasteiger partial charge in [-0.05, 0) is 37.1 Å². The van der Waals surface area contributed by atoms with E-state index in [9.17, 15) is 4.79 Å². The van der Waals surface area contributed by atoms with Crippen LogP contribution in [0.15, 0.2) is 48.5 Å². The van der Waals surface area contributed by atoms with Gasteiger partial charge in [0.25, 0.3) is 5.91 Å². The molecule has 4 nitrogen and oxygen atoms in total. The molecule has 2 rings (SSSR count). The maximum atomic E-state index is 12.0. The summed E-state index contributed by atoms with van der Waals surface area (Å²) in [4.78, 5) is 12.0. The second kappa shape index (κ2) is 10.4. The number of nitrogens with one attached hydrogen (secondary N) is 1. The minimum Gasteiger partial charge on any atom is -0.493 e. The van der Waals surface area contributed by atoms with Crippen molar-refractivity contribution >= 4 is 11.6 Å². The van der Waals surface area contributed by atoms with Crippen molar-refractivity contribution < 1.29 is 14.3 Å². The van der Waals surface area contributed by atoms with Crippen molar-refractivity contribution in [2.45, 2.75) is 39.5 Å². The van der Waals surface area contributed by atoms with E-state index < -0.39 is 0 Å². The smallest absolute Gasteiger partial charge is 0.262 e. The molecular weight excluding hydrogens is 314 g/mol. The molecule has 0 fully saturated rings. The molecule has 25 heavy (non-hydrogen) atoms. The number of anilines is 1. The molecule has 0 atom stereocenters. The highest BCUT2D eigenvalue weighted by atomic mass is 16.5. The number of amides is 1. The third-order valence-corrected chi connectivity index (χ3v) is 3.86. The van der Waals surface area contributed by atoms with Crippen molar-refractivity contribution in [3.8, 4) is 11.5 Å². The summed E-state index contributed by atoms with van der Waals surface area (Å²) in [5.41, 5.74) is 1.83. The lowest BCUT2D eigenvalue weighted by Gasteiger charge is -2.11. The van der Waals surface area contributed by atoms with E-state index in [-0.39, 0.29) is 12.5 Å². The van der Waals surface area contributed by atoms with Crippen LogP contribution in [0.2, 0.25) is 0 Å². The highest BCUT2D eigenvalue weighted by molar-refractivity contribution is 5.92. The van der Waals surface area contributed by atoms with Gasteiger partial charge >= 0.3 is 0 Å². The predicted molar refractivity (Wildman–Crippen MR) is 101 cm³/mol. The molecule has 0 saturated carbocycles. The maximum absolute atomic E-state index is 12.0. The Hall–Kier alpha value is -2.49. The molecule has 0 heterocycles. The van der Waals surface area contributed by atoms with Gasteiger partial charge < -0.3 is 14.8 Å². The van der Waals surface area contributed by atoms with E-state index in [1.165, 1.54) is 19.3 Å². The molecule has 4 heteroatoms. The highest BCUT2D eigenvalue weighted by Gasteiger charge is 2.06. The highest BCUT2D eigenvalue weighted by Crippen LogP contribution is 2.20. The fourth-order valence-electron chi connectivity index (χ4n) is 2.42. The normalized spacial score (nSPS) is 10.3. The van der Waals surface area contributed by atoms with Gasteiger partial charge in [-0.3, -0.25) is 4.79 Å². The summed E-state index contributed by atoms with van der Waals surface area (Å²) in [6.07, 6.45) is 4.69. The number of ether oxygens (including phenoxy) is 2. The zero-order valence-electron chi connectivity index (χ0n) is 15.1. The Morgan fingerprint density at radius 2 is 1.72 bits per heavy atom. The van der Waals surface area contributed by atoms with Gasteiger partial charge in [-0.2, -0.15) is 0 Å². The first kappa shape index (κ1) is 18.8. The molecule has 2 aromatic rings. The molecule has 0 bridgehead atoms. The van der Waals surface area contributed by atoms with Gasteiger partial charge in [0.15, 0.2) is 6.61 Å². The molecule has 0 unspecified atom stereocenters. The number of hydrogen-bond donors (Lipinski definition) is 1. The van der Waals surface area contributed by atoms with Gasteiger partial charge in [-0.1, -0.05) is 50.5 Å². The van der Waals surface area contributed by atoms with Crippen LogP contribution in [0.1, 0.15) is 38.2 Å². The van der Waals surface area contributed by atoms with Gasteiger partial charge in [0, 0.05) is 11.8 Å². The first-order valence-electron chi connectivity index (χ1n) is 8.90. The van der Waals surface area contributed by atoms with E-state index in [1.807, 2.05) is 55.5 Å². The lowest BCUT2D eigenvalue weighted by atomic mass is 10.2. The van der Waals surface area contributed by atoms with Crippen LogP contribution in [0.4, 0.5) is 5.69 Å². The molecule has 0 saturated heterocycles. The molecule has 1 N–H and O–H groups in total. The van der Waals surface area contributed by atoms with Crippen LogP contribution in [0.3, 0.4) is 0 Å². The van der Waals surface area contributed by atoms with Crippen molar-refractivity contribution in [3.63, 3.8) is 0 Å². The second-order valence-electron chi connectivity index (χ2n) is 6.04. The number of hydrogen-bond acceptors (Lipinski definition) is 3. The summed E-state index contributed by atoms with van der Waals surface area (Å²) in [6, 6.07) is 15.1. The minimum atomic E-state index is -0.180.